The largest absolute Gasteiger partial charge is 0.357 e. The smallest absolute Gasteiger partial charge is 0.191 e. The van der Waals surface area contributed by atoms with Gasteiger partial charge in [0.25, 0.3) is 0 Å². The summed E-state index contributed by atoms with van der Waals surface area (Å²) in [4.78, 5) is 10.0. The molecule has 2 fully saturated rings. The zero-order chi connectivity index (χ0) is 20.8. The highest BCUT2D eigenvalue weighted by molar-refractivity contribution is 5.79. The quantitative estimate of drug-likeness (QED) is 0.556. The van der Waals surface area contributed by atoms with Crippen molar-refractivity contribution in [2.45, 2.75) is 51.1 Å². The van der Waals surface area contributed by atoms with Crippen LogP contribution in [0.25, 0.3) is 5.65 Å². The fourth-order valence-electron chi connectivity index (χ4n) is 4.75. The molecule has 8 nitrogen and oxygen atoms in total. The second kappa shape index (κ2) is 9.75. The molecular weight excluding hydrogens is 376 g/mol. The summed E-state index contributed by atoms with van der Waals surface area (Å²) in [5.74, 6) is 1.72. The van der Waals surface area contributed by atoms with Crippen LogP contribution in [0.3, 0.4) is 0 Å². The number of hydrogen-bond acceptors (Lipinski definition) is 5. The van der Waals surface area contributed by atoms with E-state index in [-0.39, 0.29) is 5.54 Å². The molecule has 0 saturated carbocycles. The number of pyridine rings is 1. The maximum absolute atomic E-state index is 4.82. The van der Waals surface area contributed by atoms with E-state index >= 15 is 0 Å². The van der Waals surface area contributed by atoms with Gasteiger partial charge in [0.2, 0.25) is 0 Å². The number of nitrogens with one attached hydrogen (secondary N) is 2. The summed E-state index contributed by atoms with van der Waals surface area (Å²) >= 11 is 0. The normalized spacial score (nSPS) is 21.1. The molecule has 0 spiro atoms. The standard InChI is InChI=1S/C22H36N8/c1-3-23-21(24-17-20-27-26-19-9-5-8-14-30(19)20)25-18-22(10-15-28(2)16-11-22)29-12-6-4-7-13-29/h5,8-9,14H,3-4,6-7,10-13,15-18H2,1-2H3,(H2,23,24,25). The summed E-state index contributed by atoms with van der Waals surface area (Å²) in [5.41, 5.74) is 1.08. The molecule has 2 N–H and O–H groups in total. The molecule has 0 aliphatic carbocycles. The zero-order valence-electron chi connectivity index (χ0n) is 18.5. The van der Waals surface area contributed by atoms with Crippen molar-refractivity contribution in [2.75, 3.05) is 46.3 Å². The maximum Gasteiger partial charge on any atom is 0.191 e. The highest BCUT2D eigenvalue weighted by atomic mass is 15.3. The summed E-state index contributed by atoms with van der Waals surface area (Å²) in [6, 6.07) is 5.94. The molecule has 8 heteroatoms. The number of guanidine groups is 1. The molecule has 4 rings (SSSR count). The average molecular weight is 413 g/mol. The number of likely N-dealkylation sites (tertiary alicyclic amines) is 2. The van der Waals surface area contributed by atoms with Crippen molar-refractivity contribution in [3.8, 4) is 0 Å². The van der Waals surface area contributed by atoms with Crippen molar-refractivity contribution in [3.05, 3.63) is 30.2 Å². The van der Waals surface area contributed by atoms with E-state index in [4.69, 9.17) is 4.99 Å². The predicted octanol–water partition coefficient (Wildman–Crippen LogP) is 1.73. The topological polar surface area (TPSA) is 73.1 Å². The van der Waals surface area contributed by atoms with Crippen LogP contribution in [0.5, 0.6) is 0 Å². The van der Waals surface area contributed by atoms with E-state index < -0.39 is 0 Å². The first-order valence-corrected chi connectivity index (χ1v) is 11.4. The molecule has 0 amide bonds. The average Bonchev–Trinajstić information content (AvgIpc) is 3.21. The van der Waals surface area contributed by atoms with Crippen LogP contribution in [-0.2, 0) is 6.54 Å². The Hall–Kier alpha value is -2.19. The van der Waals surface area contributed by atoms with E-state index in [1.54, 1.807) is 0 Å². The number of piperidine rings is 2. The number of aromatic nitrogens is 3. The van der Waals surface area contributed by atoms with Gasteiger partial charge in [-0.3, -0.25) is 9.30 Å². The lowest BCUT2D eigenvalue weighted by Gasteiger charge is -2.50. The first kappa shape index (κ1) is 21.1. The van der Waals surface area contributed by atoms with Crippen LogP contribution >= 0.6 is 0 Å². The van der Waals surface area contributed by atoms with Crippen LogP contribution < -0.4 is 10.6 Å². The van der Waals surface area contributed by atoms with Gasteiger partial charge in [0.1, 0.15) is 6.54 Å². The van der Waals surface area contributed by atoms with Crippen molar-refractivity contribution in [3.63, 3.8) is 0 Å². The number of fused-ring (bicyclic) bond motifs is 1. The minimum Gasteiger partial charge on any atom is -0.357 e. The second-order valence-electron chi connectivity index (χ2n) is 8.67. The SMILES string of the molecule is CCNC(=NCc1nnc2ccccn12)NCC1(N2CCCCC2)CCN(C)CC1. The molecule has 0 unspecified atom stereocenters. The number of hydrogen-bond donors (Lipinski definition) is 2. The molecule has 0 atom stereocenters. The van der Waals surface area contributed by atoms with E-state index in [0.717, 1.165) is 43.6 Å². The summed E-state index contributed by atoms with van der Waals surface area (Å²) in [7, 11) is 2.24. The van der Waals surface area contributed by atoms with Crippen LogP contribution in [0.15, 0.2) is 29.4 Å². The molecular formula is C22H36N8. The Labute approximate surface area is 179 Å². The minimum atomic E-state index is 0.227. The van der Waals surface area contributed by atoms with Gasteiger partial charge in [-0.25, -0.2) is 4.99 Å². The monoisotopic (exact) mass is 412 g/mol. The second-order valence-corrected chi connectivity index (χ2v) is 8.67. The minimum absolute atomic E-state index is 0.227. The van der Waals surface area contributed by atoms with Gasteiger partial charge in [0.15, 0.2) is 17.4 Å². The van der Waals surface area contributed by atoms with Gasteiger partial charge in [-0.15, -0.1) is 10.2 Å². The van der Waals surface area contributed by atoms with Gasteiger partial charge in [-0.1, -0.05) is 12.5 Å². The Bertz CT molecular complexity index is 831. The van der Waals surface area contributed by atoms with E-state index in [1.807, 2.05) is 28.8 Å². The summed E-state index contributed by atoms with van der Waals surface area (Å²) in [6.07, 6.45) is 8.44. The van der Waals surface area contributed by atoms with Crippen LogP contribution in [0.1, 0.15) is 44.9 Å². The number of rotatable bonds is 6. The van der Waals surface area contributed by atoms with Crippen molar-refractivity contribution in [2.24, 2.45) is 4.99 Å². The Balaban J connectivity index is 1.46. The fourth-order valence-corrected chi connectivity index (χ4v) is 4.75. The van der Waals surface area contributed by atoms with Crippen molar-refractivity contribution in [1.29, 1.82) is 0 Å². The molecule has 2 aromatic rings. The van der Waals surface area contributed by atoms with Crippen molar-refractivity contribution >= 4 is 11.6 Å². The summed E-state index contributed by atoms with van der Waals surface area (Å²) in [6.45, 7) is 9.17. The molecule has 164 valence electrons. The maximum atomic E-state index is 4.82. The first-order valence-electron chi connectivity index (χ1n) is 11.4. The van der Waals surface area contributed by atoms with E-state index in [2.05, 4.69) is 44.6 Å². The zero-order valence-corrected chi connectivity index (χ0v) is 18.5. The highest BCUT2D eigenvalue weighted by Gasteiger charge is 2.39. The molecule has 2 saturated heterocycles. The molecule has 0 aromatic carbocycles. The molecule has 0 radical (unpaired) electrons. The van der Waals surface area contributed by atoms with E-state index in [9.17, 15) is 0 Å². The van der Waals surface area contributed by atoms with Crippen molar-refractivity contribution < 1.29 is 0 Å². The van der Waals surface area contributed by atoms with Crippen LogP contribution in [-0.4, -0.2) is 82.2 Å². The van der Waals surface area contributed by atoms with Gasteiger partial charge < -0.3 is 15.5 Å². The molecule has 2 aliphatic heterocycles. The van der Waals surface area contributed by atoms with Crippen LogP contribution in [0, 0.1) is 0 Å². The van der Waals surface area contributed by atoms with E-state index in [1.165, 1.54) is 45.2 Å². The van der Waals surface area contributed by atoms with Gasteiger partial charge >= 0.3 is 0 Å². The molecule has 30 heavy (non-hydrogen) atoms. The Kier molecular flexibility index (Phi) is 6.84. The van der Waals surface area contributed by atoms with Crippen LogP contribution in [0.2, 0.25) is 0 Å². The third-order valence-electron chi connectivity index (χ3n) is 6.64. The molecule has 4 heterocycles. The lowest BCUT2D eigenvalue weighted by molar-refractivity contribution is 0.0173. The Morgan fingerprint density at radius 2 is 1.87 bits per heavy atom. The lowest BCUT2D eigenvalue weighted by Crippen LogP contribution is -2.62. The van der Waals surface area contributed by atoms with Gasteiger partial charge in [-0.05, 0) is 78.0 Å². The third kappa shape index (κ3) is 4.75. The molecule has 2 aliphatic rings. The molecule has 2 aromatic heterocycles. The Morgan fingerprint density at radius 3 is 2.63 bits per heavy atom. The fraction of sp³-hybridized carbons (Fsp3) is 0.682. The first-order chi connectivity index (χ1) is 14.7. The third-order valence-corrected chi connectivity index (χ3v) is 6.64. The lowest BCUT2D eigenvalue weighted by atomic mass is 9.84. The van der Waals surface area contributed by atoms with Gasteiger partial charge in [0.05, 0.1) is 0 Å². The summed E-state index contributed by atoms with van der Waals surface area (Å²) in [5, 5.41) is 15.6. The predicted molar refractivity (Wildman–Crippen MR) is 121 cm³/mol. The van der Waals surface area contributed by atoms with E-state index in [0.29, 0.717) is 6.54 Å². The Morgan fingerprint density at radius 1 is 1.07 bits per heavy atom. The van der Waals surface area contributed by atoms with Crippen LogP contribution in [0.4, 0.5) is 0 Å². The molecule has 0 bridgehead atoms. The number of aliphatic imine (C=N–C) groups is 1. The summed E-state index contributed by atoms with van der Waals surface area (Å²) < 4.78 is 2.00. The van der Waals surface area contributed by atoms with Crippen molar-refractivity contribution in [1.82, 2.24) is 35.0 Å². The van der Waals surface area contributed by atoms with Gasteiger partial charge in [-0.2, -0.15) is 0 Å². The highest BCUT2D eigenvalue weighted by Crippen LogP contribution is 2.30. The number of nitrogens with zero attached hydrogens (tertiary/aromatic N) is 6. The van der Waals surface area contributed by atoms with Gasteiger partial charge in [0, 0.05) is 24.8 Å².